The highest BCUT2D eigenvalue weighted by molar-refractivity contribution is 5.77. The summed E-state index contributed by atoms with van der Waals surface area (Å²) in [7, 11) is 0. The van der Waals surface area contributed by atoms with E-state index in [0.717, 1.165) is 31.5 Å². The molecule has 1 rings (SSSR count). The molecule has 102 valence electrons. The van der Waals surface area contributed by atoms with Gasteiger partial charge in [0.1, 0.15) is 5.54 Å². The highest BCUT2D eigenvalue weighted by Gasteiger charge is 2.27. The van der Waals surface area contributed by atoms with E-state index in [1.807, 2.05) is 4.68 Å². The van der Waals surface area contributed by atoms with Gasteiger partial charge in [0, 0.05) is 12.2 Å². The number of carbonyl (C=O) groups is 1. The van der Waals surface area contributed by atoms with Crippen molar-refractivity contribution in [1.29, 1.82) is 0 Å². The van der Waals surface area contributed by atoms with Crippen molar-refractivity contribution in [3.63, 3.8) is 0 Å². The van der Waals surface area contributed by atoms with Crippen molar-refractivity contribution in [2.24, 2.45) is 5.73 Å². The van der Waals surface area contributed by atoms with Crippen molar-refractivity contribution in [2.45, 2.75) is 58.5 Å². The average Bonchev–Trinajstić information content (AvgIpc) is 2.71. The third-order valence-corrected chi connectivity index (χ3v) is 3.19. The normalized spacial score (nSPS) is 14.4. The summed E-state index contributed by atoms with van der Waals surface area (Å²) in [5.41, 5.74) is 6.83. The van der Waals surface area contributed by atoms with E-state index in [-0.39, 0.29) is 0 Å². The molecule has 5 heteroatoms. The monoisotopic (exact) mass is 253 g/mol. The second-order valence-corrected chi connectivity index (χ2v) is 4.88. The first-order chi connectivity index (χ1) is 8.40. The van der Waals surface area contributed by atoms with Crippen molar-refractivity contribution in [3.8, 4) is 0 Å². The van der Waals surface area contributed by atoms with Gasteiger partial charge < -0.3 is 10.8 Å². The van der Waals surface area contributed by atoms with E-state index < -0.39 is 11.5 Å². The second-order valence-electron chi connectivity index (χ2n) is 4.88. The molecule has 1 heterocycles. The van der Waals surface area contributed by atoms with Crippen molar-refractivity contribution in [1.82, 2.24) is 9.78 Å². The molecule has 1 aromatic rings. The topological polar surface area (TPSA) is 81.1 Å². The Morgan fingerprint density at radius 1 is 1.50 bits per heavy atom. The lowest BCUT2D eigenvalue weighted by molar-refractivity contribution is -0.142. The van der Waals surface area contributed by atoms with Crippen LogP contribution < -0.4 is 5.73 Å². The predicted molar refractivity (Wildman–Crippen MR) is 70.4 cm³/mol. The summed E-state index contributed by atoms with van der Waals surface area (Å²) in [6.07, 6.45) is 3.03. The van der Waals surface area contributed by atoms with Crippen LogP contribution in [0.3, 0.4) is 0 Å². The minimum Gasteiger partial charge on any atom is -0.480 e. The number of carboxylic acid groups (broad SMARTS) is 1. The van der Waals surface area contributed by atoms with Crippen molar-refractivity contribution < 1.29 is 9.90 Å². The van der Waals surface area contributed by atoms with Crippen LogP contribution in [0.1, 0.15) is 45.0 Å². The van der Waals surface area contributed by atoms with Crippen LogP contribution in [0.4, 0.5) is 0 Å². The highest BCUT2D eigenvalue weighted by Crippen LogP contribution is 2.12. The minimum absolute atomic E-state index is 0.451. The molecule has 1 unspecified atom stereocenters. The Bertz CT molecular complexity index is 410. The number of aromatic nitrogens is 2. The van der Waals surface area contributed by atoms with E-state index >= 15 is 0 Å². The number of hydrogen-bond donors (Lipinski definition) is 2. The summed E-state index contributed by atoms with van der Waals surface area (Å²) in [5.74, 6) is -0.951. The van der Waals surface area contributed by atoms with E-state index in [9.17, 15) is 4.79 Å². The summed E-state index contributed by atoms with van der Waals surface area (Å²) < 4.78 is 1.97. The van der Waals surface area contributed by atoms with Gasteiger partial charge in [-0.1, -0.05) is 13.8 Å². The van der Waals surface area contributed by atoms with Gasteiger partial charge in [-0.2, -0.15) is 5.10 Å². The largest absolute Gasteiger partial charge is 0.480 e. The maximum atomic E-state index is 10.9. The van der Waals surface area contributed by atoms with Gasteiger partial charge in [0.05, 0.1) is 5.69 Å². The number of nitrogens with zero attached hydrogens (tertiary/aromatic N) is 2. The van der Waals surface area contributed by atoms with Crippen LogP contribution in [0.2, 0.25) is 0 Å². The van der Waals surface area contributed by atoms with Crippen LogP contribution in [0.5, 0.6) is 0 Å². The molecule has 0 aliphatic rings. The Morgan fingerprint density at radius 2 is 2.17 bits per heavy atom. The number of carboxylic acids is 1. The molecule has 18 heavy (non-hydrogen) atoms. The van der Waals surface area contributed by atoms with E-state index in [4.69, 9.17) is 10.8 Å². The molecule has 0 radical (unpaired) electrons. The lowest BCUT2D eigenvalue weighted by Crippen LogP contribution is -2.44. The van der Waals surface area contributed by atoms with Crippen LogP contribution in [-0.4, -0.2) is 26.4 Å². The van der Waals surface area contributed by atoms with Crippen molar-refractivity contribution in [2.75, 3.05) is 0 Å². The SMILES string of the molecule is CCc1cc(CC)n(CCCC(C)(N)C(=O)O)n1. The van der Waals surface area contributed by atoms with Gasteiger partial charge >= 0.3 is 5.97 Å². The molecule has 1 atom stereocenters. The van der Waals surface area contributed by atoms with Crippen molar-refractivity contribution in [3.05, 3.63) is 17.5 Å². The maximum Gasteiger partial charge on any atom is 0.323 e. The van der Waals surface area contributed by atoms with E-state index in [2.05, 4.69) is 25.0 Å². The number of aliphatic carboxylic acids is 1. The van der Waals surface area contributed by atoms with Gasteiger partial charge in [0.25, 0.3) is 0 Å². The van der Waals surface area contributed by atoms with Crippen molar-refractivity contribution >= 4 is 5.97 Å². The molecule has 5 nitrogen and oxygen atoms in total. The van der Waals surface area contributed by atoms with E-state index in [0.29, 0.717) is 6.42 Å². The average molecular weight is 253 g/mol. The third-order valence-electron chi connectivity index (χ3n) is 3.19. The molecule has 0 spiro atoms. The number of nitrogens with two attached hydrogens (primary N) is 1. The smallest absolute Gasteiger partial charge is 0.323 e. The first-order valence-corrected chi connectivity index (χ1v) is 6.48. The van der Waals surface area contributed by atoms with Crippen LogP contribution in [0, 0.1) is 0 Å². The lowest BCUT2D eigenvalue weighted by atomic mass is 9.97. The first-order valence-electron chi connectivity index (χ1n) is 6.48. The molecule has 0 saturated carbocycles. The summed E-state index contributed by atoms with van der Waals surface area (Å²) in [4.78, 5) is 10.9. The zero-order valence-electron chi connectivity index (χ0n) is 11.4. The van der Waals surface area contributed by atoms with Gasteiger partial charge in [-0.3, -0.25) is 9.48 Å². The Hall–Kier alpha value is -1.36. The predicted octanol–water partition coefficient (Wildman–Crippen LogP) is 1.59. The molecule has 0 saturated heterocycles. The molecule has 0 aromatic carbocycles. The molecule has 0 fully saturated rings. The molecular weight excluding hydrogens is 230 g/mol. The third kappa shape index (κ3) is 3.57. The molecule has 0 aliphatic heterocycles. The molecule has 0 bridgehead atoms. The van der Waals surface area contributed by atoms with Crippen LogP contribution >= 0.6 is 0 Å². The van der Waals surface area contributed by atoms with Gasteiger partial charge in [0.15, 0.2) is 0 Å². The zero-order valence-corrected chi connectivity index (χ0v) is 11.4. The summed E-state index contributed by atoms with van der Waals surface area (Å²) in [6.45, 7) is 6.45. The lowest BCUT2D eigenvalue weighted by Gasteiger charge is -2.18. The van der Waals surface area contributed by atoms with Crippen LogP contribution in [0.25, 0.3) is 0 Å². The van der Waals surface area contributed by atoms with Gasteiger partial charge in [0.2, 0.25) is 0 Å². The standard InChI is InChI=1S/C13H23N3O2/c1-4-10-9-11(5-2)16(15-10)8-6-7-13(3,14)12(17)18/h9H,4-8,14H2,1-3H3,(H,17,18). The minimum atomic E-state index is -1.15. The number of rotatable bonds is 7. The van der Waals surface area contributed by atoms with Gasteiger partial charge in [-0.05, 0) is 38.7 Å². The Labute approximate surface area is 108 Å². The van der Waals surface area contributed by atoms with E-state index in [1.54, 1.807) is 6.92 Å². The summed E-state index contributed by atoms with van der Waals surface area (Å²) in [6, 6.07) is 2.11. The van der Waals surface area contributed by atoms with Gasteiger partial charge in [-0.25, -0.2) is 0 Å². The quantitative estimate of drug-likeness (QED) is 0.773. The number of aryl methyl sites for hydroxylation is 3. The fourth-order valence-corrected chi connectivity index (χ4v) is 1.87. The summed E-state index contributed by atoms with van der Waals surface area (Å²) >= 11 is 0. The molecule has 0 amide bonds. The Balaban J connectivity index is 2.58. The Kier molecular flexibility index (Phi) is 4.90. The second kappa shape index (κ2) is 6.00. The molecule has 3 N–H and O–H groups in total. The molecule has 1 aromatic heterocycles. The van der Waals surface area contributed by atoms with Crippen LogP contribution in [-0.2, 0) is 24.2 Å². The van der Waals surface area contributed by atoms with Crippen LogP contribution in [0.15, 0.2) is 6.07 Å². The maximum absolute atomic E-state index is 10.9. The Morgan fingerprint density at radius 3 is 2.67 bits per heavy atom. The van der Waals surface area contributed by atoms with E-state index in [1.165, 1.54) is 5.69 Å². The first kappa shape index (κ1) is 14.7. The van der Waals surface area contributed by atoms with Gasteiger partial charge in [-0.15, -0.1) is 0 Å². The summed E-state index contributed by atoms with van der Waals surface area (Å²) in [5, 5.41) is 13.4. The fourth-order valence-electron chi connectivity index (χ4n) is 1.87. The zero-order chi connectivity index (χ0) is 13.8. The molecular formula is C13H23N3O2. The number of hydrogen-bond acceptors (Lipinski definition) is 3. The fraction of sp³-hybridized carbons (Fsp3) is 0.692. The highest BCUT2D eigenvalue weighted by atomic mass is 16.4. The molecule has 0 aliphatic carbocycles.